The molecule has 1 saturated carbocycles. The SMILES string of the molecule is Cc1c(-c2[nH]c3ccc(C4CCC(NCCS(C)(=O)=O)CC4)nc3c2C(C)C)cn2ncnc2c1C. The Morgan fingerprint density at radius 1 is 1.14 bits per heavy atom. The summed E-state index contributed by atoms with van der Waals surface area (Å²) in [4.78, 5) is 13.3. The summed E-state index contributed by atoms with van der Waals surface area (Å²) in [7, 11) is -2.93. The third-order valence-electron chi connectivity index (χ3n) is 7.73. The fourth-order valence-electron chi connectivity index (χ4n) is 5.60. The van der Waals surface area contributed by atoms with Crippen LogP contribution in [-0.4, -0.2) is 57.6 Å². The molecule has 9 heteroatoms. The maximum Gasteiger partial charge on any atom is 0.158 e. The predicted octanol–water partition coefficient (Wildman–Crippen LogP) is 4.67. The van der Waals surface area contributed by atoms with Gasteiger partial charge in [-0.3, -0.25) is 4.98 Å². The van der Waals surface area contributed by atoms with Crippen LogP contribution in [0.5, 0.6) is 0 Å². The number of hydrogen-bond acceptors (Lipinski definition) is 6. The lowest BCUT2D eigenvalue weighted by atomic mass is 9.83. The first-order chi connectivity index (χ1) is 17.1. The van der Waals surface area contributed by atoms with Crippen molar-refractivity contribution >= 4 is 26.5 Å². The molecule has 0 amide bonds. The number of pyridine rings is 2. The van der Waals surface area contributed by atoms with Crippen LogP contribution in [0.4, 0.5) is 0 Å². The van der Waals surface area contributed by atoms with E-state index in [1.54, 1.807) is 6.33 Å². The van der Waals surface area contributed by atoms with Crippen LogP contribution in [0.25, 0.3) is 27.9 Å². The molecular weight excluding hydrogens is 472 g/mol. The van der Waals surface area contributed by atoms with E-state index in [2.05, 4.69) is 66.4 Å². The monoisotopic (exact) mass is 508 g/mol. The number of fused-ring (bicyclic) bond motifs is 2. The van der Waals surface area contributed by atoms with Crippen LogP contribution < -0.4 is 5.32 Å². The fraction of sp³-hybridized carbons (Fsp3) is 0.519. The van der Waals surface area contributed by atoms with Gasteiger partial charge in [-0.05, 0) is 68.7 Å². The summed E-state index contributed by atoms with van der Waals surface area (Å²) >= 11 is 0. The molecule has 1 fully saturated rings. The van der Waals surface area contributed by atoms with E-state index in [9.17, 15) is 8.42 Å². The Labute approximate surface area is 212 Å². The second kappa shape index (κ2) is 9.59. The number of sulfone groups is 1. The minimum absolute atomic E-state index is 0.196. The third kappa shape index (κ3) is 4.78. The average molecular weight is 509 g/mol. The second-order valence-corrected chi connectivity index (χ2v) is 12.9. The normalized spacial score (nSPS) is 19.1. The molecule has 36 heavy (non-hydrogen) atoms. The van der Waals surface area contributed by atoms with Crippen molar-refractivity contribution in [1.82, 2.24) is 29.9 Å². The lowest BCUT2D eigenvalue weighted by Crippen LogP contribution is -2.35. The maximum atomic E-state index is 11.4. The standard InChI is InChI=1S/C27H36N6O2S/c1-16(2)24-25(21-14-33-27(29-15-30-33)18(4)17(21)3)32-23-11-10-22(31-26(23)24)19-6-8-20(9-7-19)28-12-13-36(5,34)35/h10-11,14-16,19-20,28,32H,6-9,12-13H2,1-5H3. The molecule has 0 aromatic carbocycles. The molecule has 1 aliphatic carbocycles. The van der Waals surface area contributed by atoms with Gasteiger partial charge in [0.2, 0.25) is 0 Å². The van der Waals surface area contributed by atoms with Crippen molar-refractivity contribution in [2.24, 2.45) is 0 Å². The maximum absolute atomic E-state index is 11.4. The van der Waals surface area contributed by atoms with E-state index >= 15 is 0 Å². The molecule has 4 aromatic heterocycles. The molecule has 0 atom stereocenters. The van der Waals surface area contributed by atoms with Crippen LogP contribution in [0.2, 0.25) is 0 Å². The molecular formula is C27H36N6O2S. The number of hydrogen-bond donors (Lipinski definition) is 2. The highest BCUT2D eigenvalue weighted by molar-refractivity contribution is 7.90. The molecule has 0 spiro atoms. The lowest BCUT2D eigenvalue weighted by molar-refractivity contribution is 0.345. The topological polar surface area (TPSA) is 105 Å². The van der Waals surface area contributed by atoms with Gasteiger partial charge in [-0.15, -0.1) is 0 Å². The van der Waals surface area contributed by atoms with Crippen molar-refractivity contribution in [3.63, 3.8) is 0 Å². The van der Waals surface area contributed by atoms with E-state index in [-0.39, 0.29) is 5.75 Å². The Hall–Kier alpha value is -2.78. The Morgan fingerprint density at radius 2 is 1.89 bits per heavy atom. The number of rotatable bonds is 7. The second-order valence-electron chi connectivity index (χ2n) is 10.7. The molecule has 2 N–H and O–H groups in total. The molecule has 8 nitrogen and oxygen atoms in total. The summed E-state index contributed by atoms with van der Waals surface area (Å²) in [5.74, 6) is 0.926. The molecule has 192 valence electrons. The van der Waals surface area contributed by atoms with Gasteiger partial charge in [-0.25, -0.2) is 17.9 Å². The van der Waals surface area contributed by atoms with Crippen LogP contribution >= 0.6 is 0 Å². The third-order valence-corrected chi connectivity index (χ3v) is 8.67. The highest BCUT2D eigenvalue weighted by Crippen LogP contribution is 2.39. The van der Waals surface area contributed by atoms with Gasteiger partial charge in [-0.1, -0.05) is 13.8 Å². The van der Waals surface area contributed by atoms with Crippen molar-refractivity contribution < 1.29 is 8.42 Å². The van der Waals surface area contributed by atoms with E-state index in [0.29, 0.717) is 24.4 Å². The van der Waals surface area contributed by atoms with Crippen molar-refractivity contribution in [1.29, 1.82) is 0 Å². The van der Waals surface area contributed by atoms with E-state index < -0.39 is 9.84 Å². The van der Waals surface area contributed by atoms with Gasteiger partial charge in [0.05, 0.1) is 22.5 Å². The summed E-state index contributed by atoms with van der Waals surface area (Å²) in [5, 5.41) is 7.82. The van der Waals surface area contributed by atoms with Crippen molar-refractivity contribution in [2.45, 2.75) is 71.3 Å². The van der Waals surface area contributed by atoms with Crippen LogP contribution in [0.15, 0.2) is 24.7 Å². The number of H-pyrrole nitrogens is 1. The largest absolute Gasteiger partial charge is 0.353 e. The molecule has 4 aromatic rings. The van der Waals surface area contributed by atoms with Gasteiger partial charge in [-0.2, -0.15) is 5.10 Å². The van der Waals surface area contributed by atoms with E-state index in [1.807, 2.05) is 4.52 Å². The molecule has 0 aliphatic heterocycles. The molecule has 0 radical (unpaired) electrons. The number of nitrogens with one attached hydrogen (secondary N) is 2. The van der Waals surface area contributed by atoms with Crippen molar-refractivity contribution in [3.05, 3.63) is 47.0 Å². The lowest BCUT2D eigenvalue weighted by Gasteiger charge is -2.29. The Bertz CT molecular complexity index is 1510. The van der Waals surface area contributed by atoms with Gasteiger partial charge in [0.1, 0.15) is 16.2 Å². The van der Waals surface area contributed by atoms with E-state index in [1.165, 1.54) is 17.4 Å². The van der Waals surface area contributed by atoms with Crippen LogP contribution in [0, 0.1) is 13.8 Å². The van der Waals surface area contributed by atoms with Crippen molar-refractivity contribution in [3.8, 4) is 11.3 Å². The number of aromatic amines is 1. The molecule has 0 unspecified atom stereocenters. The Morgan fingerprint density at radius 3 is 2.58 bits per heavy atom. The zero-order valence-electron chi connectivity index (χ0n) is 21.8. The summed E-state index contributed by atoms with van der Waals surface area (Å²) in [6.07, 6.45) is 9.17. The average Bonchev–Trinajstić information content (AvgIpc) is 3.45. The molecule has 1 aliphatic rings. The Balaban J connectivity index is 1.43. The number of aryl methyl sites for hydroxylation is 1. The fourth-order valence-corrected chi connectivity index (χ4v) is 6.09. The van der Waals surface area contributed by atoms with Crippen molar-refractivity contribution in [2.75, 3.05) is 18.6 Å². The number of aromatic nitrogens is 5. The van der Waals surface area contributed by atoms with Crippen LogP contribution in [0.3, 0.4) is 0 Å². The first-order valence-corrected chi connectivity index (χ1v) is 14.9. The summed E-state index contributed by atoms with van der Waals surface area (Å²) in [6.45, 7) is 9.23. The zero-order chi connectivity index (χ0) is 25.6. The molecule has 0 saturated heterocycles. The van der Waals surface area contributed by atoms with Crippen LogP contribution in [-0.2, 0) is 9.84 Å². The van der Waals surface area contributed by atoms with Gasteiger partial charge >= 0.3 is 0 Å². The molecule has 5 rings (SSSR count). The smallest absolute Gasteiger partial charge is 0.158 e. The molecule has 0 bridgehead atoms. The van der Waals surface area contributed by atoms with Gasteiger partial charge in [0.15, 0.2) is 5.65 Å². The predicted molar refractivity (Wildman–Crippen MR) is 144 cm³/mol. The minimum Gasteiger partial charge on any atom is -0.353 e. The number of nitrogens with zero attached hydrogens (tertiary/aromatic N) is 4. The summed E-state index contributed by atoms with van der Waals surface area (Å²) in [5.41, 5.74) is 9.98. The zero-order valence-corrected chi connectivity index (χ0v) is 22.6. The summed E-state index contributed by atoms with van der Waals surface area (Å²) in [6, 6.07) is 4.74. The quantitative estimate of drug-likeness (QED) is 0.376. The van der Waals surface area contributed by atoms with E-state index in [4.69, 9.17) is 4.98 Å². The highest BCUT2D eigenvalue weighted by atomic mass is 32.2. The van der Waals surface area contributed by atoms with Gasteiger partial charge in [0, 0.05) is 47.8 Å². The van der Waals surface area contributed by atoms with Gasteiger partial charge in [0.25, 0.3) is 0 Å². The first-order valence-electron chi connectivity index (χ1n) is 12.9. The Kier molecular flexibility index (Phi) is 6.63. The first kappa shape index (κ1) is 24.9. The molecule has 4 heterocycles. The van der Waals surface area contributed by atoms with E-state index in [0.717, 1.165) is 64.9 Å². The highest BCUT2D eigenvalue weighted by Gasteiger charge is 2.25. The minimum atomic E-state index is -2.93. The van der Waals surface area contributed by atoms with Gasteiger partial charge < -0.3 is 10.3 Å². The van der Waals surface area contributed by atoms with Crippen LogP contribution in [0.1, 0.15) is 73.8 Å². The summed E-state index contributed by atoms with van der Waals surface area (Å²) < 4.78 is 24.7.